The third-order valence-electron chi connectivity index (χ3n) is 2.67. The zero-order chi connectivity index (χ0) is 9.10. The topological polar surface area (TPSA) is 12.0 Å². The Morgan fingerprint density at radius 3 is 2.62 bits per heavy atom. The molecule has 1 unspecified atom stereocenters. The third-order valence-corrected chi connectivity index (χ3v) is 2.97. The van der Waals surface area contributed by atoms with Crippen molar-refractivity contribution in [2.75, 3.05) is 13.1 Å². The van der Waals surface area contributed by atoms with Crippen LogP contribution in [-0.4, -0.2) is 13.1 Å². The average Bonchev–Trinajstić information content (AvgIpc) is 2.71. The Kier molecular flexibility index (Phi) is 2.87. The number of alkyl halides is 1. The second-order valence-electron chi connectivity index (χ2n) is 3.56. The molecular weight excluding hydrogens is 182 g/mol. The fraction of sp³-hybridized carbons (Fsp3) is 0.455. The van der Waals surface area contributed by atoms with Crippen LogP contribution in [0.5, 0.6) is 0 Å². The van der Waals surface area contributed by atoms with E-state index in [-0.39, 0.29) is 0 Å². The van der Waals surface area contributed by atoms with Gasteiger partial charge in [-0.2, -0.15) is 0 Å². The summed E-state index contributed by atoms with van der Waals surface area (Å²) in [6.07, 6.45) is 1.26. The summed E-state index contributed by atoms with van der Waals surface area (Å²) in [5.74, 6) is 1.33. The Bertz CT molecular complexity index is 262. The summed E-state index contributed by atoms with van der Waals surface area (Å²) in [6, 6.07) is 8.66. The summed E-state index contributed by atoms with van der Waals surface area (Å²) in [6.45, 7) is 2.28. The highest BCUT2D eigenvalue weighted by atomic mass is 35.5. The lowest BCUT2D eigenvalue weighted by molar-refractivity contribution is 0.763. The average molecular weight is 196 g/mol. The lowest BCUT2D eigenvalue weighted by Crippen LogP contribution is -2.07. The zero-order valence-electron chi connectivity index (χ0n) is 7.59. The van der Waals surface area contributed by atoms with Gasteiger partial charge in [-0.15, -0.1) is 11.6 Å². The van der Waals surface area contributed by atoms with Gasteiger partial charge < -0.3 is 5.32 Å². The quantitative estimate of drug-likeness (QED) is 0.716. The van der Waals surface area contributed by atoms with Crippen molar-refractivity contribution in [1.29, 1.82) is 0 Å². The van der Waals surface area contributed by atoms with E-state index < -0.39 is 0 Å². The maximum absolute atomic E-state index is 5.73. The van der Waals surface area contributed by atoms with Crippen LogP contribution in [0.15, 0.2) is 24.3 Å². The van der Waals surface area contributed by atoms with Gasteiger partial charge in [-0.25, -0.2) is 0 Å². The van der Waals surface area contributed by atoms with E-state index in [1.165, 1.54) is 17.5 Å². The molecule has 1 N–H and O–H groups in total. The summed E-state index contributed by atoms with van der Waals surface area (Å²) in [4.78, 5) is 0. The van der Waals surface area contributed by atoms with Crippen molar-refractivity contribution in [1.82, 2.24) is 5.32 Å². The van der Waals surface area contributed by atoms with Crippen molar-refractivity contribution in [2.24, 2.45) is 0 Å². The normalized spacial score (nSPS) is 22.1. The second kappa shape index (κ2) is 4.12. The van der Waals surface area contributed by atoms with Crippen LogP contribution in [0.2, 0.25) is 0 Å². The molecule has 1 nitrogen and oxygen atoms in total. The van der Waals surface area contributed by atoms with E-state index in [0.29, 0.717) is 11.8 Å². The fourth-order valence-corrected chi connectivity index (χ4v) is 2.00. The zero-order valence-corrected chi connectivity index (χ0v) is 8.35. The highest BCUT2D eigenvalue weighted by Crippen LogP contribution is 2.22. The molecular formula is C11H14ClN. The number of nitrogens with one attached hydrogen (secondary N) is 1. The van der Waals surface area contributed by atoms with Gasteiger partial charge in [0.1, 0.15) is 0 Å². The molecule has 1 atom stereocenters. The first kappa shape index (κ1) is 9.04. The van der Waals surface area contributed by atoms with E-state index in [2.05, 4.69) is 29.6 Å². The van der Waals surface area contributed by atoms with E-state index in [0.717, 1.165) is 13.1 Å². The first-order valence-electron chi connectivity index (χ1n) is 4.75. The minimum Gasteiger partial charge on any atom is -0.316 e. The van der Waals surface area contributed by atoms with Gasteiger partial charge in [-0.1, -0.05) is 24.3 Å². The molecule has 1 aromatic carbocycles. The molecule has 1 saturated heterocycles. The molecule has 70 valence electrons. The number of hydrogen-bond acceptors (Lipinski definition) is 1. The Balaban J connectivity index is 2.12. The summed E-state index contributed by atoms with van der Waals surface area (Å²) in [5.41, 5.74) is 2.65. The highest BCUT2D eigenvalue weighted by molar-refractivity contribution is 6.17. The van der Waals surface area contributed by atoms with Crippen molar-refractivity contribution >= 4 is 11.6 Å². The van der Waals surface area contributed by atoms with Gasteiger partial charge in [0.05, 0.1) is 0 Å². The summed E-state index contributed by atoms with van der Waals surface area (Å²) < 4.78 is 0. The lowest BCUT2D eigenvalue weighted by Gasteiger charge is -2.08. The first-order valence-corrected chi connectivity index (χ1v) is 5.29. The Morgan fingerprint density at radius 2 is 2.08 bits per heavy atom. The molecule has 1 aliphatic heterocycles. The van der Waals surface area contributed by atoms with Crippen LogP contribution in [0.3, 0.4) is 0 Å². The highest BCUT2D eigenvalue weighted by Gasteiger charge is 2.15. The standard InChI is InChI=1S/C11H14ClN/c12-7-9-1-3-10(4-2-9)11-5-6-13-8-11/h1-4,11,13H,5-8H2. The molecule has 0 bridgehead atoms. The van der Waals surface area contributed by atoms with Gasteiger partial charge >= 0.3 is 0 Å². The molecule has 2 rings (SSSR count). The molecule has 2 heteroatoms. The second-order valence-corrected chi connectivity index (χ2v) is 3.83. The minimum atomic E-state index is 0.614. The predicted molar refractivity (Wildman–Crippen MR) is 56.2 cm³/mol. The molecule has 0 spiro atoms. The van der Waals surface area contributed by atoms with Gasteiger partial charge in [0.2, 0.25) is 0 Å². The summed E-state index contributed by atoms with van der Waals surface area (Å²) in [7, 11) is 0. The predicted octanol–water partition coefficient (Wildman–Crippen LogP) is 2.50. The maximum Gasteiger partial charge on any atom is 0.0474 e. The van der Waals surface area contributed by atoms with E-state index in [4.69, 9.17) is 11.6 Å². The third kappa shape index (κ3) is 2.04. The van der Waals surface area contributed by atoms with Gasteiger partial charge in [0, 0.05) is 12.4 Å². The minimum absolute atomic E-state index is 0.614. The van der Waals surface area contributed by atoms with E-state index in [1.54, 1.807) is 0 Å². The smallest absolute Gasteiger partial charge is 0.0474 e. The Labute approximate surface area is 84.1 Å². The van der Waals surface area contributed by atoms with Gasteiger partial charge in [0.25, 0.3) is 0 Å². The monoisotopic (exact) mass is 195 g/mol. The molecule has 13 heavy (non-hydrogen) atoms. The van der Waals surface area contributed by atoms with Crippen LogP contribution >= 0.6 is 11.6 Å². The largest absolute Gasteiger partial charge is 0.316 e. The first-order chi connectivity index (χ1) is 6.40. The van der Waals surface area contributed by atoms with Crippen molar-refractivity contribution in [3.63, 3.8) is 0 Å². The van der Waals surface area contributed by atoms with Gasteiger partial charge in [-0.05, 0) is 30.0 Å². The molecule has 0 amide bonds. The Morgan fingerprint density at radius 1 is 1.31 bits per heavy atom. The SMILES string of the molecule is ClCc1ccc(C2CCNC2)cc1. The fourth-order valence-electron chi connectivity index (χ4n) is 1.82. The van der Waals surface area contributed by atoms with Gasteiger partial charge in [0.15, 0.2) is 0 Å². The van der Waals surface area contributed by atoms with Crippen LogP contribution in [-0.2, 0) is 5.88 Å². The molecule has 1 fully saturated rings. The molecule has 1 aliphatic rings. The van der Waals surface area contributed by atoms with Crippen LogP contribution in [0.1, 0.15) is 23.5 Å². The Hall–Kier alpha value is -0.530. The molecule has 0 aromatic heterocycles. The van der Waals surface area contributed by atoms with Crippen molar-refractivity contribution in [2.45, 2.75) is 18.2 Å². The molecule has 0 saturated carbocycles. The van der Waals surface area contributed by atoms with Gasteiger partial charge in [-0.3, -0.25) is 0 Å². The molecule has 0 radical (unpaired) electrons. The summed E-state index contributed by atoms with van der Waals surface area (Å²) in [5, 5.41) is 3.37. The van der Waals surface area contributed by atoms with E-state index >= 15 is 0 Å². The van der Waals surface area contributed by atoms with Crippen LogP contribution in [0, 0.1) is 0 Å². The van der Waals surface area contributed by atoms with Crippen LogP contribution < -0.4 is 5.32 Å². The number of halogens is 1. The van der Waals surface area contributed by atoms with Crippen molar-refractivity contribution in [3.8, 4) is 0 Å². The number of benzene rings is 1. The van der Waals surface area contributed by atoms with Crippen molar-refractivity contribution in [3.05, 3.63) is 35.4 Å². The maximum atomic E-state index is 5.73. The number of rotatable bonds is 2. The molecule has 1 aromatic rings. The van der Waals surface area contributed by atoms with Crippen molar-refractivity contribution < 1.29 is 0 Å². The lowest BCUT2D eigenvalue weighted by atomic mass is 9.98. The van der Waals surface area contributed by atoms with E-state index in [1.807, 2.05) is 0 Å². The van der Waals surface area contributed by atoms with Crippen LogP contribution in [0.25, 0.3) is 0 Å². The number of hydrogen-bond donors (Lipinski definition) is 1. The molecule has 1 heterocycles. The van der Waals surface area contributed by atoms with Crippen LogP contribution in [0.4, 0.5) is 0 Å². The summed E-state index contributed by atoms with van der Waals surface area (Å²) >= 11 is 5.73. The van der Waals surface area contributed by atoms with E-state index in [9.17, 15) is 0 Å². The molecule has 0 aliphatic carbocycles.